The van der Waals surface area contributed by atoms with E-state index in [1.807, 2.05) is 19.1 Å². The maximum atomic E-state index is 9.81. The van der Waals surface area contributed by atoms with Crippen molar-refractivity contribution in [1.29, 1.82) is 0 Å². The second-order valence-electron chi connectivity index (χ2n) is 5.10. The Kier molecular flexibility index (Phi) is 4.64. The molecular formula is C17H21NO2. The molecule has 0 aromatic heterocycles. The van der Waals surface area contributed by atoms with E-state index in [1.165, 1.54) is 23.3 Å². The fraction of sp³-hybridized carbons (Fsp3) is 0.294. The van der Waals surface area contributed by atoms with Crippen molar-refractivity contribution in [2.45, 2.75) is 26.3 Å². The van der Waals surface area contributed by atoms with E-state index in [0.717, 1.165) is 18.5 Å². The monoisotopic (exact) mass is 271 g/mol. The van der Waals surface area contributed by atoms with Crippen molar-refractivity contribution in [3.05, 3.63) is 59.2 Å². The van der Waals surface area contributed by atoms with Crippen LogP contribution < -0.4 is 5.32 Å². The van der Waals surface area contributed by atoms with Crippen molar-refractivity contribution in [3.8, 4) is 11.5 Å². The van der Waals surface area contributed by atoms with Crippen molar-refractivity contribution in [2.24, 2.45) is 0 Å². The fourth-order valence-corrected chi connectivity index (χ4v) is 2.31. The Morgan fingerprint density at radius 3 is 2.60 bits per heavy atom. The topological polar surface area (TPSA) is 52.5 Å². The Labute approximate surface area is 119 Å². The summed E-state index contributed by atoms with van der Waals surface area (Å²) in [7, 11) is 0. The number of phenols is 2. The fourth-order valence-electron chi connectivity index (χ4n) is 2.31. The van der Waals surface area contributed by atoms with Gasteiger partial charge in [-0.1, -0.05) is 24.3 Å². The minimum Gasteiger partial charge on any atom is -0.508 e. The number of aryl methyl sites for hydroxylation is 1. The van der Waals surface area contributed by atoms with Crippen LogP contribution in [0.25, 0.3) is 0 Å². The summed E-state index contributed by atoms with van der Waals surface area (Å²) in [6, 6.07) is 12.9. The summed E-state index contributed by atoms with van der Waals surface area (Å²) in [6.45, 7) is 4.91. The van der Waals surface area contributed by atoms with Crippen LogP contribution in [-0.2, 0) is 6.42 Å². The zero-order valence-electron chi connectivity index (χ0n) is 11.9. The van der Waals surface area contributed by atoms with E-state index in [9.17, 15) is 10.2 Å². The molecule has 2 aromatic carbocycles. The number of rotatable bonds is 5. The number of hydrogen-bond donors (Lipinski definition) is 3. The summed E-state index contributed by atoms with van der Waals surface area (Å²) < 4.78 is 0. The van der Waals surface area contributed by atoms with Crippen LogP contribution in [0.3, 0.4) is 0 Å². The third-order valence-electron chi connectivity index (χ3n) is 3.58. The molecule has 0 saturated heterocycles. The Morgan fingerprint density at radius 1 is 1.10 bits per heavy atom. The van der Waals surface area contributed by atoms with E-state index < -0.39 is 0 Å². The van der Waals surface area contributed by atoms with Crippen LogP contribution in [0.4, 0.5) is 0 Å². The Balaban J connectivity index is 1.94. The quantitative estimate of drug-likeness (QED) is 0.731. The van der Waals surface area contributed by atoms with Crippen molar-refractivity contribution in [2.75, 3.05) is 6.54 Å². The lowest BCUT2D eigenvalue weighted by Crippen LogP contribution is -2.21. The van der Waals surface area contributed by atoms with Crippen LogP contribution in [0.1, 0.15) is 29.7 Å². The molecule has 0 radical (unpaired) electrons. The molecule has 2 aromatic rings. The molecule has 0 aliphatic rings. The van der Waals surface area contributed by atoms with Gasteiger partial charge in [0.25, 0.3) is 0 Å². The zero-order chi connectivity index (χ0) is 14.5. The normalized spacial score (nSPS) is 12.3. The highest BCUT2D eigenvalue weighted by Gasteiger charge is 2.10. The molecule has 106 valence electrons. The Bertz CT molecular complexity index is 581. The Morgan fingerprint density at radius 2 is 1.85 bits per heavy atom. The molecule has 20 heavy (non-hydrogen) atoms. The number of hydrogen-bond acceptors (Lipinski definition) is 3. The summed E-state index contributed by atoms with van der Waals surface area (Å²) in [5.41, 5.74) is 3.34. The molecule has 0 aliphatic carbocycles. The minimum atomic E-state index is -0.00822. The number of benzene rings is 2. The average molecular weight is 271 g/mol. The van der Waals surface area contributed by atoms with Crippen LogP contribution >= 0.6 is 0 Å². The van der Waals surface area contributed by atoms with E-state index in [0.29, 0.717) is 0 Å². The van der Waals surface area contributed by atoms with Crippen LogP contribution in [-0.4, -0.2) is 16.8 Å². The lowest BCUT2D eigenvalue weighted by atomic mass is 10.0. The standard InChI is InChI=1S/C17H21NO2/c1-12-5-3-4-6-14(12)9-10-18-13(2)16-11-15(19)7-8-17(16)20/h3-8,11,13,18-20H,9-10H2,1-2H3. The van der Waals surface area contributed by atoms with Crippen LogP contribution in [0, 0.1) is 6.92 Å². The Hall–Kier alpha value is -2.00. The summed E-state index contributed by atoms with van der Waals surface area (Å²) in [5.74, 6) is 0.379. The van der Waals surface area contributed by atoms with Gasteiger partial charge in [0.2, 0.25) is 0 Å². The van der Waals surface area contributed by atoms with Gasteiger partial charge in [-0.25, -0.2) is 0 Å². The first-order valence-electron chi connectivity index (χ1n) is 6.87. The molecule has 3 nitrogen and oxygen atoms in total. The highest BCUT2D eigenvalue weighted by atomic mass is 16.3. The molecule has 0 heterocycles. The third kappa shape index (κ3) is 3.52. The first-order valence-corrected chi connectivity index (χ1v) is 6.87. The van der Waals surface area contributed by atoms with Crippen LogP contribution in [0.15, 0.2) is 42.5 Å². The van der Waals surface area contributed by atoms with Gasteiger partial charge in [0.05, 0.1) is 0 Å². The van der Waals surface area contributed by atoms with Crippen molar-refractivity contribution >= 4 is 0 Å². The predicted octanol–water partition coefficient (Wildman–Crippen LogP) is 3.30. The van der Waals surface area contributed by atoms with E-state index in [1.54, 1.807) is 6.07 Å². The first-order chi connectivity index (χ1) is 9.58. The molecule has 0 aliphatic heterocycles. The van der Waals surface area contributed by atoms with Gasteiger partial charge in [0, 0.05) is 11.6 Å². The second kappa shape index (κ2) is 6.44. The van der Waals surface area contributed by atoms with Gasteiger partial charge < -0.3 is 15.5 Å². The highest BCUT2D eigenvalue weighted by Crippen LogP contribution is 2.27. The smallest absolute Gasteiger partial charge is 0.120 e. The first kappa shape index (κ1) is 14.4. The molecule has 0 spiro atoms. The van der Waals surface area contributed by atoms with Gasteiger partial charge in [-0.3, -0.25) is 0 Å². The average Bonchev–Trinajstić information content (AvgIpc) is 2.43. The lowest BCUT2D eigenvalue weighted by molar-refractivity contribution is 0.441. The van der Waals surface area contributed by atoms with Gasteiger partial charge in [-0.2, -0.15) is 0 Å². The predicted molar refractivity (Wildman–Crippen MR) is 81.1 cm³/mol. The number of phenolic OH excluding ortho intramolecular Hbond substituents is 2. The van der Waals surface area contributed by atoms with E-state index >= 15 is 0 Å². The van der Waals surface area contributed by atoms with Gasteiger partial charge in [0.1, 0.15) is 11.5 Å². The molecule has 3 N–H and O–H groups in total. The van der Waals surface area contributed by atoms with Gasteiger partial charge in [-0.15, -0.1) is 0 Å². The summed E-state index contributed by atoms with van der Waals surface area (Å²) in [5, 5.41) is 22.7. The summed E-state index contributed by atoms with van der Waals surface area (Å²) in [6.07, 6.45) is 0.941. The zero-order valence-corrected chi connectivity index (χ0v) is 11.9. The van der Waals surface area contributed by atoms with Crippen molar-refractivity contribution in [3.63, 3.8) is 0 Å². The maximum absolute atomic E-state index is 9.81. The molecule has 0 bridgehead atoms. The number of aromatic hydroxyl groups is 2. The van der Waals surface area contributed by atoms with Crippen molar-refractivity contribution < 1.29 is 10.2 Å². The molecule has 3 heteroatoms. The van der Waals surface area contributed by atoms with E-state index in [-0.39, 0.29) is 17.5 Å². The largest absolute Gasteiger partial charge is 0.508 e. The molecule has 1 atom stereocenters. The molecule has 1 unspecified atom stereocenters. The number of nitrogens with one attached hydrogen (secondary N) is 1. The third-order valence-corrected chi connectivity index (χ3v) is 3.58. The summed E-state index contributed by atoms with van der Waals surface area (Å²) in [4.78, 5) is 0. The highest BCUT2D eigenvalue weighted by molar-refractivity contribution is 5.40. The molecular weight excluding hydrogens is 250 g/mol. The molecule has 0 fully saturated rings. The van der Waals surface area contributed by atoms with Crippen molar-refractivity contribution in [1.82, 2.24) is 5.32 Å². The molecule has 2 rings (SSSR count). The van der Waals surface area contributed by atoms with Gasteiger partial charge >= 0.3 is 0 Å². The summed E-state index contributed by atoms with van der Waals surface area (Å²) >= 11 is 0. The van der Waals surface area contributed by atoms with E-state index in [4.69, 9.17) is 0 Å². The molecule has 0 saturated carbocycles. The maximum Gasteiger partial charge on any atom is 0.120 e. The SMILES string of the molecule is Cc1ccccc1CCNC(C)c1cc(O)ccc1O. The van der Waals surface area contributed by atoms with E-state index in [2.05, 4.69) is 24.4 Å². The van der Waals surface area contributed by atoms with Crippen LogP contribution in [0.2, 0.25) is 0 Å². The van der Waals surface area contributed by atoms with Gasteiger partial charge in [0.15, 0.2) is 0 Å². The lowest BCUT2D eigenvalue weighted by Gasteiger charge is -2.16. The second-order valence-corrected chi connectivity index (χ2v) is 5.10. The van der Waals surface area contributed by atoms with Gasteiger partial charge in [-0.05, 0) is 56.1 Å². The minimum absolute atomic E-state index is 0.00822. The van der Waals surface area contributed by atoms with Crippen LogP contribution in [0.5, 0.6) is 11.5 Å². The molecule has 0 amide bonds.